The van der Waals surface area contributed by atoms with E-state index in [9.17, 15) is 0 Å². The zero-order valence-electron chi connectivity index (χ0n) is 9.23. The number of benzene rings is 1. The fourth-order valence-electron chi connectivity index (χ4n) is 1.79. The molecular formula is C12H9Cl2N3S. The molecule has 2 N–H and O–H groups in total. The molecule has 0 bridgehead atoms. The SMILES string of the molecule is NCc1cn2c(-c3ccc(Cl)c(Cl)c3)csc2n1. The highest BCUT2D eigenvalue weighted by Crippen LogP contribution is 2.31. The van der Waals surface area contributed by atoms with Crippen LogP contribution < -0.4 is 5.73 Å². The van der Waals surface area contributed by atoms with E-state index in [-0.39, 0.29) is 0 Å². The van der Waals surface area contributed by atoms with Gasteiger partial charge in [0, 0.05) is 23.7 Å². The van der Waals surface area contributed by atoms with Gasteiger partial charge in [0.25, 0.3) is 0 Å². The largest absolute Gasteiger partial charge is 0.325 e. The molecule has 2 heterocycles. The molecule has 0 aliphatic carbocycles. The second-order valence-electron chi connectivity index (χ2n) is 3.84. The molecule has 92 valence electrons. The van der Waals surface area contributed by atoms with Crippen molar-refractivity contribution in [1.82, 2.24) is 9.38 Å². The van der Waals surface area contributed by atoms with Gasteiger partial charge in [0.2, 0.25) is 0 Å². The lowest BCUT2D eigenvalue weighted by Crippen LogP contribution is -1.95. The molecule has 1 aromatic carbocycles. The van der Waals surface area contributed by atoms with Crippen LogP contribution in [0.5, 0.6) is 0 Å². The van der Waals surface area contributed by atoms with Crippen molar-refractivity contribution in [1.29, 1.82) is 0 Å². The molecule has 0 atom stereocenters. The Morgan fingerprint density at radius 3 is 2.83 bits per heavy atom. The molecule has 2 aromatic heterocycles. The van der Waals surface area contributed by atoms with Gasteiger partial charge in [-0.2, -0.15) is 0 Å². The maximum absolute atomic E-state index is 6.04. The van der Waals surface area contributed by atoms with Crippen molar-refractivity contribution in [2.24, 2.45) is 5.73 Å². The number of fused-ring (bicyclic) bond motifs is 1. The van der Waals surface area contributed by atoms with E-state index in [2.05, 4.69) is 4.98 Å². The van der Waals surface area contributed by atoms with Crippen LogP contribution in [0.3, 0.4) is 0 Å². The van der Waals surface area contributed by atoms with E-state index in [0.717, 1.165) is 21.9 Å². The number of aromatic nitrogens is 2. The van der Waals surface area contributed by atoms with Crippen LogP contribution in [0.15, 0.2) is 29.8 Å². The first-order chi connectivity index (χ1) is 8.69. The third kappa shape index (κ3) is 1.91. The molecule has 0 saturated heterocycles. The second kappa shape index (κ2) is 4.55. The van der Waals surface area contributed by atoms with Gasteiger partial charge in [0.15, 0.2) is 4.96 Å². The highest BCUT2D eigenvalue weighted by Gasteiger charge is 2.10. The van der Waals surface area contributed by atoms with Crippen molar-refractivity contribution in [3.8, 4) is 11.3 Å². The van der Waals surface area contributed by atoms with Crippen molar-refractivity contribution in [3.63, 3.8) is 0 Å². The van der Waals surface area contributed by atoms with Crippen LogP contribution in [0.4, 0.5) is 0 Å². The van der Waals surface area contributed by atoms with E-state index in [4.69, 9.17) is 28.9 Å². The minimum Gasteiger partial charge on any atom is -0.325 e. The smallest absolute Gasteiger partial charge is 0.194 e. The van der Waals surface area contributed by atoms with Crippen LogP contribution in [0, 0.1) is 0 Å². The normalized spacial score (nSPS) is 11.3. The summed E-state index contributed by atoms with van der Waals surface area (Å²) in [6, 6.07) is 5.59. The highest BCUT2D eigenvalue weighted by molar-refractivity contribution is 7.15. The van der Waals surface area contributed by atoms with E-state index in [1.54, 1.807) is 17.4 Å². The Labute approximate surface area is 118 Å². The zero-order chi connectivity index (χ0) is 12.7. The van der Waals surface area contributed by atoms with Crippen LogP contribution in [-0.4, -0.2) is 9.38 Å². The average Bonchev–Trinajstić information content (AvgIpc) is 2.92. The molecule has 0 fully saturated rings. The monoisotopic (exact) mass is 297 g/mol. The van der Waals surface area contributed by atoms with Gasteiger partial charge in [-0.05, 0) is 12.1 Å². The Hall–Kier alpha value is -1.07. The molecule has 0 saturated carbocycles. The first-order valence-electron chi connectivity index (χ1n) is 5.30. The third-order valence-corrected chi connectivity index (χ3v) is 4.26. The molecule has 3 aromatic rings. The number of hydrogen-bond acceptors (Lipinski definition) is 3. The van der Waals surface area contributed by atoms with Crippen molar-refractivity contribution in [2.45, 2.75) is 6.54 Å². The van der Waals surface area contributed by atoms with Crippen LogP contribution >= 0.6 is 34.5 Å². The lowest BCUT2D eigenvalue weighted by Gasteiger charge is -2.02. The third-order valence-electron chi connectivity index (χ3n) is 2.68. The zero-order valence-corrected chi connectivity index (χ0v) is 11.6. The Morgan fingerprint density at radius 1 is 1.28 bits per heavy atom. The summed E-state index contributed by atoms with van der Waals surface area (Å²) in [6.45, 7) is 0.440. The number of nitrogens with zero attached hydrogens (tertiary/aromatic N) is 2. The van der Waals surface area contributed by atoms with Gasteiger partial charge in [-0.1, -0.05) is 29.3 Å². The number of halogens is 2. The van der Waals surface area contributed by atoms with Gasteiger partial charge in [0.05, 0.1) is 21.4 Å². The molecule has 18 heavy (non-hydrogen) atoms. The molecule has 0 radical (unpaired) electrons. The van der Waals surface area contributed by atoms with E-state index in [1.165, 1.54) is 0 Å². The standard InChI is InChI=1S/C12H9Cl2N3S/c13-9-2-1-7(3-10(9)14)11-6-18-12-16-8(4-15)5-17(11)12/h1-3,5-6H,4,15H2. The summed E-state index contributed by atoms with van der Waals surface area (Å²) in [7, 11) is 0. The number of imidazole rings is 1. The van der Waals surface area contributed by atoms with E-state index >= 15 is 0 Å². The number of nitrogens with two attached hydrogens (primary N) is 1. The average molecular weight is 298 g/mol. The van der Waals surface area contributed by atoms with E-state index in [1.807, 2.05) is 28.1 Å². The highest BCUT2D eigenvalue weighted by atomic mass is 35.5. The molecule has 3 rings (SSSR count). The fourth-order valence-corrected chi connectivity index (χ4v) is 2.99. The topological polar surface area (TPSA) is 43.3 Å². The van der Waals surface area contributed by atoms with Gasteiger partial charge in [-0.15, -0.1) is 11.3 Å². The minimum atomic E-state index is 0.440. The van der Waals surface area contributed by atoms with Crippen LogP contribution in [0.1, 0.15) is 5.69 Å². The predicted molar refractivity (Wildman–Crippen MR) is 76.4 cm³/mol. The predicted octanol–water partition coefficient (Wildman–Crippen LogP) is 3.83. The van der Waals surface area contributed by atoms with Crippen LogP contribution in [0.25, 0.3) is 16.2 Å². The number of hydrogen-bond donors (Lipinski definition) is 1. The first kappa shape index (κ1) is 12.0. The number of rotatable bonds is 2. The Bertz CT molecular complexity index is 717. The Kier molecular flexibility index (Phi) is 3.03. The summed E-state index contributed by atoms with van der Waals surface area (Å²) < 4.78 is 2.02. The van der Waals surface area contributed by atoms with Crippen molar-refractivity contribution in [3.05, 3.63) is 45.5 Å². The van der Waals surface area contributed by atoms with E-state index in [0.29, 0.717) is 16.6 Å². The molecular weight excluding hydrogens is 289 g/mol. The van der Waals surface area contributed by atoms with Gasteiger partial charge in [0.1, 0.15) is 0 Å². The summed E-state index contributed by atoms with van der Waals surface area (Å²) in [5, 5.41) is 3.15. The lowest BCUT2D eigenvalue weighted by molar-refractivity contribution is 1.02. The van der Waals surface area contributed by atoms with Gasteiger partial charge in [-0.3, -0.25) is 4.40 Å². The number of thiazole rings is 1. The van der Waals surface area contributed by atoms with E-state index < -0.39 is 0 Å². The lowest BCUT2D eigenvalue weighted by atomic mass is 10.2. The second-order valence-corrected chi connectivity index (χ2v) is 5.49. The Balaban J connectivity index is 2.18. The molecule has 0 aliphatic rings. The van der Waals surface area contributed by atoms with Crippen molar-refractivity contribution >= 4 is 39.5 Å². The Morgan fingerprint density at radius 2 is 2.11 bits per heavy atom. The molecule has 3 nitrogen and oxygen atoms in total. The summed E-state index contributed by atoms with van der Waals surface area (Å²) in [5.41, 5.74) is 8.53. The summed E-state index contributed by atoms with van der Waals surface area (Å²) in [6.07, 6.45) is 1.95. The minimum absolute atomic E-state index is 0.440. The van der Waals surface area contributed by atoms with Crippen LogP contribution in [-0.2, 0) is 6.54 Å². The molecule has 0 amide bonds. The fraction of sp³-hybridized carbons (Fsp3) is 0.0833. The van der Waals surface area contributed by atoms with Gasteiger partial charge >= 0.3 is 0 Å². The maximum Gasteiger partial charge on any atom is 0.194 e. The first-order valence-corrected chi connectivity index (χ1v) is 6.93. The molecule has 0 spiro atoms. The summed E-state index contributed by atoms with van der Waals surface area (Å²) in [4.78, 5) is 5.34. The molecule has 6 heteroatoms. The maximum atomic E-state index is 6.04. The van der Waals surface area contributed by atoms with Gasteiger partial charge in [-0.25, -0.2) is 4.98 Å². The van der Waals surface area contributed by atoms with Gasteiger partial charge < -0.3 is 5.73 Å². The molecule has 0 aliphatic heterocycles. The summed E-state index contributed by atoms with van der Waals surface area (Å²) in [5.74, 6) is 0. The van der Waals surface area contributed by atoms with Crippen molar-refractivity contribution in [2.75, 3.05) is 0 Å². The van der Waals surface area contributed by atoms with Crippen LogP contribution in [0.2, 0.25) is 10.0 Å². The quantitative estimate of drug-likeness (QED) is 0.781. The molecule has 0 unspecified atom stereocenters. The van der Waals surface area contributed by atoms with Crippen molar-refractivity contribution < 1.29 is 0 Å². The summed E-state index contributed by atoms with van der Waals surface area (Å²) >= 11 is 13.5.